The summed E-state index contributed by atoms with van der Waals surface area (Å²) in [7, 11) is 1.66. The second-order valence-electron chi connectivity index (χ2n) is 10.5. The van der Waals surface area contributed by atoms with E-state index in [0.717, 1.165) is 22.0 Å². The molecule has 3 aromatic carbocycles. The highest BCUT2D eigenvalue weighted by atomic mass is 35.5. The Kier molecular flexibility index (Phi) is 9.10. The molecule has 204 valence electrons. The van der Waals surface area contributed by atoms with Gasteiger partial charge in [0, 0.05) is 47.9 Å². The van der Waals surface area contributed by atoms with Crippen LogP contribution in [0.4, 0.5) is 4.79 Å². The molecule has 0 N–H and O–H groups in total. The number of hydrogen-bond acceptors (Lipinski definition) is 4. The van der Waals surface area contributed by atoms with E-state index in [2.05, 4.69) is 0 Å². The molecule has 0 aliphatic heterocycles. The van der Waals surface area contributed by atoms with Crippen LogP contribution in [0.1, 0.15) is 48.3 Å². The molecule has 7 heteroatoms. The third-order valence-corrected chi connectivity index (χ3v) is 6.70. The molecule has 0 bridgehead atoms. The highest BCUT2D eigenvalue weighted by Crippen LogP contribution is 2.32. The van der Waals surface area contributed by atoms with Crippen molar-refractivity contribution in [2.24, 2.45) is 0 Å². The number of aromatic nitrogens is 1. The molecule has 1 amide bonds. The van der Waals surface area contributed by atoms with E-state index in [4.69, 9.17) is 21.1 Å². The van der Waals surface area contributed by atoms with Gasteiger partial charge in [-0.15, -0.1) is 0 Å². The standard InChI is InChI=1S/C32H35ClN2O4/c1-32(2,3)39-31(37)35(19-18-23-14-16-25(33)17-15-23)29(24-10-6-5-7-11-24)30(36)27-22-34(20-21-38-4)28-13-9-8-12-26(27)28/h5-17,22,29H,18-21H2,1-4H3. The maximum Gasteiger partial charge on any atom is 0.411 e. The molecule has 4 aromatic rings. The molecule has 0 fully saturated rings. The lowest BCUT2D eigenvalue weighted by Gasteiger charge is -2.33. The van der Waals surface area contributed by atoms with Gasteiger partial charge in [-0.1, -0.05) is 72.3 Å². The van der Waals surface area contributed by atoms with Crippen molar-refractivity contribution in [2.75, 3.05) is 20.3 Å². The summed E-state index contributed by atoms with van der Waals surface area (Å²) in [4.78, 5) is 29.8. The lowest BCUT2D eigenvalue weighted by molar-refractivity contribution is 0.0159. The van der Waals surface area contributed by atoms with Gasteiger partial charge in [-0.05, 0) is 56.5 Å². The van der Waals surface area contributed by atoms with Crippen LogP contribution in [0, 0.1) is 0 Å². The van der Waals surface area contributed by atoms with Crippen LogP contribution in [0.3, 0.4) is 0 Å². The number of nitrogens with zero attached hydrogens (tertiary/aromatic N) is 2. The Morgan fingerprint density at radius 3 is 2.28 bits per heavy atom. The second kappa shape index (κ2) is 12.5. The van der Waals surface area contributed by atoms with Gasteiger partial charge in [-0.3, -0.25) is 9.69 Å². The first-order valence-electron chi connectivity index (χ1n) is 13.1. The van der Waals surface area contributed by atoms with Crippen LogP contribution >= 0.6 is 11.6 Å². The highest BCUT2D eigenvalue weighted by Gasteiger charge is 2.35. The van der Waals surface area contributed by atoms with Crippen molar-refractivity contribution in [3.63, 3.8) is 0 Å². The van der Waals surface area contributed by atoms with Crippen molar-refractivity contribution < 1.29 is 19.1 Å². The first kappa shape index (κ1) is 28.4. The van der Waals surface area contributed by atoms with Crippen LogP contribution in [0.5, 0.6) is 0 Å². The van der Waals surface area contributed by atoms with Crippen molar-refractivity contribution in [1.29, 1.82) is 0 Å². The maximum absolute atomic E-state index is 14.5. The molecule has 1 aromatic heterocycles. The molecular weight excluding hydrogens is 512 g/mol. The van der Waals surface area contributed by atoms with Gasteiger partial charge in [-0.25, -0.2) is 4.79 Å². The van der Waals surface area contributed by atoms with Crippen molar-refractivity contribution in [2.45, 2.75) is 45.4 Å². The Balaban J connectivity index is 1.79. The molecule has 0 saturated heterocycles. The number of carbonyl (C=O) groups is 2. The second-order valence-corrected chi connectivity index (χ2v) is 10.9. The van der Waals surface area contributed by atoms with E-state index in [1.54, 1.807) is 12.0 Å². The van der Waals surface area contributed by atoms with Gasteiger partial charge >= 0.3 is 6.09 Å². The van der Waals surface area contributed by atoms with E-state index in [1.807, 2.05) is 110 Å². The molecule has 1 atom stereocenters. The van der Waals surface area contributed by atoms with Gasteiger partial charge in [-0.2, -0.15) is 0 Å². The van der Waals surface area contributed by atoms with E-state index >= 15 is 0 Å². The van der Waals surface area contributed by atoms with Crippen molar-refractivity contribution >= 4 is 34.4 Å². The zero-order valence-corrected chi connectivity index (χ0v) is 23.6. The summed E-state index contributed by atoms with van der Waals surface area (Å²) in [6.45, 7) is 6.87. The number of ether oxygens (including phenoxy) is 2. The maximum atomic E-state index is 14.5. The molecule has 0 aliphatic rings. The Hall–Kier alpha value is -3.61. The van der Waals surface area contributed by atoms with Crippen molar-refractivity contribution in [3.05, 3.63) is 107 Å². The summed E-state index contributed by atoms with van der Waals surface area (Å²) in [6, 6.07) is 23.8. The van der Waals surface area contributed by atoms with Gasteiger partial charge in [0.15, 0.2) is 5.78 Å². The number of benzene rings is 3. The van der Waals surface area contributed by atoms with Crippen LogP contribution in [-0.2, 0) is 22.4 Å². The van der Waals surface area contributed by atoms with Gasteiger partial charge in [0.2, 0.25) is 0 Å². The zero-order chi connectivity index (χ0) is 28.0. The third kappa shape index (κ3) is 7.08. The lowest BCUT2D eigenvalue weighted by Crippen LogP contribution is -2.43. The Labute approximate surface area is 235 Å². The van der Waals surface area contributed by atoms with Gasteiger partial charge < -0.3 is 14.0 Å². The zero-order valence-electron chi connectivity index (χ0n) is 22.9. The van der Waals surface area contributed by atoms with Gasteiger partial charge in [0.1, 0.15) is 11.6 Å². The number of amides is 1. The van der Waals surface area contributed by atoms with Crippen molar-refractivity contribution in [3.8, 4) is 0 Å². The molecule has 6 nitrogen and oxygen atoms in total. The van der Waals surface area contributed by atoms with E-state index in [-0.39, 0.29) is 12.3 Å². The van der Waals surface area contributed by atoms with Gasteiger partial charge in [0.25, 0.3) is 0 Å². The van der Waals surface area contributed by atoms with E-state index < -0.39 is 17.7 Å². The summed E-state index contributed by atoms with van der Waals surface area (Å²) < 4.78 is 13.2. The normalized spacial score (nSPS) is 12.3. The number of rotatable bonds is 10. The number of Topliss-reactive ketones (excluding diaryl/α,β-unsaturated/α-hetero) is 1. The summed E-state index contributed by atoms with van der Waals surface area (Å²) >= 11 is 6.08. The molecule has 1 heterocycles. The smallest absolute Gasteiger partial charge is 0.411 e. The molecular formula is C32H35ClN2O4. The predicted molar refractivity (Wildman–Crippen MR) is 155 cm³/mol. The number of hydrogen-bond donors (Lipinski definition) is 0. The average molecular weight is 547 g/mol. The molecule has 0 spiro atoms. The SMILES string of the molecule is COCCn1cc(C(=O)C(c2ccccc2)N(CCc2ccc(Cl)cc2)C(=O)OC(C)(C)C)c2ccccc21. The molecule has 0 aliphatic carbocycles. The number of ketones is 1. The fraction of sp³-hybridized carbons (Fsp3) is 0.312. The summed E-state index contributed by atoms with van der Waals surface area (Å²) in [5, 5.41) is 1.48. The van der Waals surface area contributed by atoms with E-state index in [9.17, 15) is 9.59 Å². The third-order valence-electron chi connectivity index (χ3n) is 6.45. The fourth-order valence-corrected chi connectivity index (χ4v) is 4.75. The minimum atomic E-state index is -0.880. The van der Waals surface area contributed by atoms with Crippen LogP contribution < -0.4 is 0 Å². The number of carbonyl (C=O) groups excluding carboxylic acids is 2. The number of halogens is 1. The molecule has 4 rings (SSSR count). The highest BCUT2D eigenvalue weighted by molar-refractivity contribution is 6.30. The number of methoxy groups -OCH3 is 1. The molecule has 39 heavy (non-hydrogen) atoms. The minimum absolute atomic E-state index is 0.171. The number of fused-ring (bicyclic) bond motifs is 1. The van der Waals surface area contributed by atoms with E-state index in [1.165, 1.54) is 0 Å². The Morgan fingerprint density at radius 1 is 0.949 bits per heavy atom. The van der Waals surface area contributed by atoms with E-state index in [0.29, 0.717) is 30.2 Å². The predicted octanol–water partition coefficient (Wildman–Crippen LogP) is 7.34. The monoisotopic (exact) mass is 546 g/mol. The van der Waals surface area contributed by atoms with Crippen LogP contribution in [-0.4, -0.2) is 47.2 Å². The first-order valence-corrected chi connectivity index (χ1v) is 13.5. The Morgan fingerprint density at radius 2 is 1.62 bits per heavy atom. The number of para-hydroxylation sites is 1. The van der Waals surface area contributed by atoms with Gasteiger partial charge in [0.05, 0.1) is 6.61 Å². The first-order chi connectivity index (χ1) is 18.7. The fourth-order valence-electron chi connectivity index (χ4n) is 4.62. The quantitative estimate of drug-likeness (QED) is 0.195. The van der Waals surface area contributed by atoms with Crippen LogP contribution in [0.2, 0.25) is 5.02 Å². The topological polar surface area (TPSA) is 60.8 Å². The molecule has 0 radical (unpaired) electrons. The molecule has 1 unspecified atom stereocenters. The van der Waals surface area contributed by atoms with Crippen LogP contribution in [0.25, 0.3) is 10.9 Å². The minimum Gasteiger partial charge on any atom is -0.444 e. The summed E-state index contributed by atoms with van der Waals surface area (Å²) in [6.07, 6.45) is 1.86. The molecule has 0 saturated carbocycles. The van der Waals surface area contributed by atoms with Crippen molar-refractivity contribution in [1.82, 2.24) is 9.47 Å². The van der Waals surface area contributed by atoms with Crippen LogP contribution in [0.15, 0.2) is 85.1 Å². The largest absolute Gasteiger partial charge is 0.444 e. The Bertz CT molecular complexity index is 1410. The lowest BCUT2D eigenvalue weighted by atomic mass is 9.95. The summed E-state index contributed by atoms with van der Waals surface area (Å²) in [5.74, 6) is -0.171. The average Bonchev–Trinajstić information content (AvgIpc) is 3.28. The summed E-state index contributed by atoms with van der Waals surface area (Å²) in [5.41, 5.74) is 2.49.